The highest BCUT2D eigenvalue weighted by molar-refractivity contribution is 5.37. The van der Waals surface area contributed by atoms with Crippen LogP contribution in [0.3, 0.4) is 0 Å². The Kier molecular flexibility index (Phi) is 7.11. The van der Waals surface area contributed by atoms with Crippen LogP contribution in [0.1, 0.15) is 124 Å². The molecule has 198 valence electrons. The predicted molar refractivity (Wildman–Crippen MR) is 150 cm³/mol. The maximum atomic E-state index is 6.91. The van der Waals surface area contributed by atoms with Gasteiger partial charge in [-0.25, -0.2) is 0 Å². The van der Waals surface area contributed by atoms with E-state index in [0.29, 0.717) is 11.5 Å². The molecular formula is C33H56NO+. The van der Waals surface area contributed by atoms with Crippen molar-refractivity contribution in [1.29, 1.82) is 0 Å². The van der Waals surface area contributed by atoms with E-state index in [-0.39, 0.29) is 16.4 Å². The van der Waals surface area contributed by atoms with Gasteiger partial charge in [0, 0.05) is 29.9 Å². The van der Waals surface area contributed by atoms with Crippen LogP contribution in [0.4, 0.5) is 0 Å². The average molecular weight is 483 g/mol. The highest BCUT2D eigenvalue weighted by Crippen LogP contribution is 2.65. The van der Waals surface area contributed by atoms with Crippen LogP contribution in [0.25, 0.3) is 0 Å². The molecule has 0 N–H and O–H groups in total. The molecular weight excluding hydrogens is 426 g/mol. The van der Waals surface area contributed by atoms with Crippen molar-refractivity contribution in [2.24, 2.45) is 17.8 Å². The van der Waals surface area contributed by atoms with Gasteiger partial charge >= 0.3 is 0 Å². The number of quaternary nitrogens is 1. The molecule has 1 saturated carbocycles. The third kappa shape index (κ3) is 4.65. The number of rotatable bonds is 8. The van der Waals surface area contributed by atoms with Crippen LogP contribution in [0.15, 0.2) is 18.2 Å². The fourth-order valence-corrected chi connectivity index (χ4v) is 8.75. The summed E-state index contributed by atoms with van der Waals surface area (Å²) in [4.78, 5) is 0. The zero-order valence-electron chi connectivity index (χ0n) is 24.9. The lowest BCUT2D eigenvalue weighted by molar-refractivity contribution is -0.967. The van der Waals surface area contributed by atoms with Gasteiger partial charge in [-0.1, -0.05) is 80.7 Å². The van der Waals surface area contributed by atoms with Crippen molar-refractivity contribution < 1.29 is 9.22 Å². The number of benzene rings is 1. The first-order valence-electron chi connectivity index (χ1n) is 14.8. The van der Waals surface area contributed by atoms with E-state index < -0.39 is 0 Å². The second kappa shape index (κ2) is 9.16. The van der Waals surface area contributed by atoms with Crippen molar-refractivity contribution in [3.8, 4) is 0 Å². The molecule has 1 aliphatic carbocycles. The molecule has 1 aromatic carbocycles. The molecule has 2 nitrogen and oxygen atoms in total. The van der Waals surface area contributed by atoms with E-state index in [0.717, 1.165) is 25.0 Å². The summed E-state index contributed by atoms with van der Waals surface area (Å²) < 4.78 is 8.15. The van der Waals surface area contributed by atoms with Crippen LogP contribution < -0.4 is 0 Å². The molecule has 2 heterocycles. The topological polar surface area (TPSA) is 9.23 Å². The molecule has 0 radical (unpaired) electrons. The van der Waals surface area contributed by atoms with Crippen LogP contribution in [0, 0.1) is 17.8 Å². The average Bonchev–Trinajstić information content (AvgIpc) is 3.26. The van der Waals surface area contributed by atoms with Crippen LogP contribution in [0.2, 0.25) is 0 Å². The Labute approximate surface area is 217 Å². The number of unbranched alkanes of at least 4 members (excludes halogenated alkanes) is 3. The Morgan fingerprint density at radius 1 is 0.914 bits per heavy atom. The number of ether oxygens (including phenoxy) is 1. The number of nitrogens with zero attached hydrogens (tertiary/aromatic N) is 1. The lowest BCUT2D eigenvalue weighted by atomic mass is 9.76. The summed E-state index contributed by atoms with van der Waals surface area (Å²) in [7, 11) is 0. The minimum Gasteiger partial charge on any atom is -0.369 e. The number of hydrogen-bond donors (Lipinski definition) is 0. The predicted octanol–water partition coefficient (Wildman–Crippen LogP) is 8.40. The van der Waals surface area contributed by atoms with Crippen LogP contribution >= 0.6 is 0 Å². The lowest BCUT2D eigenvalue weighted by Crippen LogP contribution is -2.57. The molecule has 4 rings (SSSR count). The molecule has 1 aromatic rings. The molecule has 0 bridgehead atoms. The minimum absolute atomic E-state index is 0.0182. The summed E-state index contributed by atoms with van der Waals surface area (Å²) >= 11 is 0. The van der Waals surface area contributed by atoms with Crippen molar-refractivity contribution in [1.82, 2.24) is 0 Å². The summed E-state index contributed by atoms with van der Waals surface area (Å²) in [6.07, 6.45) is 7.90. The summed E-state index contributed by atoms with van der Waals surface area (Å²) in [5.74, 6) is 2.34. The summed E-state index contributed by atoms with van der Waals surface area (Å²) in [5, 5.41) is 0. The zero-order chi connectivity index (χ0) is 25.9. The van der Waals surface area contributed by atoms with Crippen molar-refractivity contribution in [3.63, 3.8) is 0 Å². The largest absolute Gasteiger partial charge is 0.369 e. The van der Waals surface area contributed by atoms with E-state index in [1.54, 1.807) is 5.56 Å². The van der Waals surface area contributed by atoms with Gasteiger partial charge in [0.2, 0.25) is 0 Å². The minimum atomic E-state index is 0.0182. The molecule has 0 amide bonds. The molecule has 6 atom stereocenters. The molecule has 2 heteroatoms. The van der Waals surface area contributed by atoms with Gasteiger partial charge in [0.05, 0.1) is 6.54 Å². The quantitative estimate of drug-likeness (QED) is 0.267. The van der Waals surface area contributed by atoms with Crippen molar-refractivity contribution in [2.45, 2.75) is 136 Å². The highest BCUT2D eigenvalue weighted by Gasteiger charge is 2.76. The first-order chi connectivity index (χ1) is 16.2. The maximum absolute atomic E-state index is 6.91. The van der Waals surface area contributed by atoms with E-state index in [1.807, 2.05) is 0 Å². The van der Waals surface area contributed by atoms with Gasteiger partial charge in [-0.3, -0.25) is 0 Å². The Morgan fingerprint density at radius 2 is 1.54 bits per heavy atom. The molecule has 0 unspecified atom stereocenters. The van der Waals surface area contributed by atoms with Crippen molar-refractivity contribution >= 4 is 0 Å². The normalized spacial score (nSPS) is 36.7. The maximum Gasteiger partial charge on any atom is 0.123 e. The van der Waals surface area contributed by atoms with Crippen molar-refractivity contribution in [3.05, 3.63) is 34.9 Å². The second-order valence-electron chi connectivity index (χ2n) is 15.2. The van der Waals surface area contributed by atoms with Gasteiger partial charge in [-0.15, -0.1) is 0 Å². The SMILES string of the molecule is CCCCCCO[C@]1(C)C[N@+]2(Cc3cc(C(C)(C)C)cc(C(C)(C)C)c3)C[C@@H](C)[C@@H]3CC[C@H]1[C@@]32C. The third-order valence-electron chi connectivity index (χ3n) is 10.6. The van der Waals surface area contributed by atoms with Crippen molar-refractivity contribution in [2.75, 3.05) is 19.7 Å². The van der Waals surface area contributed by atoms with E-state index in [4.69, 9.17) is 4.74 Å². The fourth-order valence-electron chi connectivity index (χ4n) is 8.75. The van der Waals surface area contributed by atoms with Crippen LogP contribution in [-0.2, 0) is 22.1 Å². The van der Waals surface area contributed by atoms with Gasteiger partial charge in [0.25, 0.3) is 0 Å². The molecule has 35 heavy (non-hydrogen) atoms. The summed E-state index contributed by atoms with van der Waals surface area (Å²) in [6.45, 7) is 28.8. The first kappa shape index (κ1) is 27.2. The zero-order valence-corrected chi connectivity index (χ0v) is 24.9. The Morgan fingerprint density at radius 3 is 2.11 bits per heavy atom. The summed E-state index contributed by atoms with van der Waals surface area (Å²) in [5.41, 5.74) is 5.22. The van der Waals surface area contributed by atoms with Gasteiger partial charge in [0.1, 0.15) is 24.2 Å². The Bertz CT molecular complexity index is 874. The molecule has 0 spiro atoms. The smallest absolute Gasteiger partial charge is 0.123 e. The Hall–Kier alpha value is -0.860. The molecule has 2 saturated heterocycles. The van der Waals surface area contributed by atoms with E-state index in [2.05, 4.69) is 87.4 Å². The highest BCUT2D eigenvalue weighted by atomic mass is 16.5. The van der Waals surface area contributed by atoms with Gasteiger partial charge < -0.3 is 9.22 Å². The molecule has 3 aliphatic rings. The van der Waals surface area contributed by atoms with Crippen LogP contribution in [0.5, 0.6) is 0 Å². The van der Waals surface area contributed by atoms with Gasteiger partial charge in [-0.05, 0) is 67.2 Å². The Balaban J connectivity index is 1.69. The van der Waals surface area contributed by atoms with E-state index >= 15 is 0 Å². The fraction of sp³-hybridized carbons (Fsp3) is 0.818. The third-order valence-corrected chi connectivity index (χ3v) is 10.6. The summed E-state index contributed by atoms with van der Waals surface area (Å²) in [6, 6.07) is 7.58. The van der Waals surface area contributed by atoms with E-state index in [9.17, 15) is 0 Å². The molecule has 3 fully saturated rings. The molecule has 2 aliphatic heterocycles. The molecule has 0 aromatic heterocycles. The monoisotopic (exact) mass is 482 g/mol. The van der Waals surface area contributed by atoms with E-state index in [1.165, 1.54) is 67.2 Å². The number of hydrogen-bond acceptors (Lipinski definition) is 1. The van der Waals surface area contributed by atoms with Crippen LogP contribution in [-0.4, -0.2) is 35.3 Å². The standard InChI is InChI=1S/C33H56NO/c1-11-12-13-14-17-35-32(9)23-34(21-24(2)28-15-16-29(32)33(28,34)10)22-25-18-26(30(3,4)5)20-27(19-25)31(6,7)8/h18-20,24,28-29H,11-17,21-23H2,1-10H3/q+1/t24-,28+,29-,32-,33-,34-/m1/s1. The lowest BCUT2D eigenvalue weighted by Gasteiger charge is -2.44. The van der Waals surface area contributed by atoms with Gasteiger partial charge in [0.15, 0.2) is 0 Å². The second-order valence-corrected chi connectivity index (χ2v) is 15.2. The van der Waals surface area contributed by atoms with Gasteiger partial charge in [-0.2, -0.15) is 0 Å². The first-order valence-corrected chi connectivity index (χ1v) is 14.8.